The molecule has 0 saturated carbocycles. The number of rotatable bonds is 5. The highest BCUT2D eigenvalue weighted by atomic mass is 19.4. The van der Waals surface area contributed by atoms with E-state index in [1.54, 1.807) is 30.5 Å². The lowest BCUT2D eigenvalue weighted by molar-refractivity contribution is -0.274. The number of alkyl halides is 6. The summed E-state index contributed by atoms with van der Waals surface area (Å²) in [4.78, 5) is 4.27. The third-order valence-corrected chi connectivity index (χ3v) is 5.46. The van der Waals surface area contributed by atoms with E-state index in [4.69, 9.17) is 4.74 Å². The van der Waals surface area contributed by atoms with Gasteiger partial charge >= 0.3 is 12.5 Å². The molecule has 11 heteroatoms. The highest BCUT2D eigenvalue weighted by molar-refractivity contribution is 5.82. The van der Waals surface area contributed by atoms with Gasteiger partial charge in [-0.3, -0.25) is 4.98 Å². The summed E-state index contributed by atoms with van der Waals surface area (Å²) in [6.45, 7) is 0. The van der Waals surface area contributed by atoms with E-state index in [-0.39, 0.29) is 11.6 Å². The van der Waals surface area contributed by atoms with E-state index in [9.17, 15) is 26.3 Å². The van der Waals surface area contributed by atoms with Crippen molar-refractivity contribution in [2.75, 3.05) is 0 Å². The number of benzene rings is 3. The van der Waals surface area contributed by atoms with Gasteiger partial charge in [0.1, 0.15) is 17.2 Å². The summed E-state index contributed by atoms with van der Waals surface area (Å²) in [6, 6.07) is 19.7. The molecule has 3 aromatic carbocycles. The Bertz CT molecular complexity index is 1580. The molecule has 0 N–H and O–H groups in total. The van der Waals surface area contributed by atoms with Crippen molar-refractivity contribution in [1.82, 2.24) is 15.2 Å². The van der Waals surface area contributed by atoms with Gasteiger partial charge < -0.3 is 9.47 Å². The molecule has 0 aliphatic carbocycles. The molecule has 0 fully saturated rings. The van der Waals surface area contributed by atoms with Gasteiger partial charge in [0.15, 0.2) is 0 Å². The standard InChI is InChI=1S/C27H15F6N3O2/c28-26(29,30)19-8-3-16(4-9-19)22-15-24(37-21-12-5-17-2-1-13-34-23(17)14-21)35-36-25(22)18-6-10-20(11-7-18)38-27(31,32)33/h1-15H. The number of hydrogen-bond donors (Lipinski definition) is 0. The second kappa shape index (κ2) is 9.66. The lowest BCUT2D eigenvalue weighted by Crippen LogP contribution is -2.16. The maximum atomic E-state index is 13.1. The largest absolute Gasteiger partial charge is 0.573 e. The molecule has 0 unspecified atom stereocenters. The fourth-order valence-corrected chi connectivity index (χ4v) is 3.74. The molecule has 5 aromatic rings. The maximum absolute atomic E-state index is 13.1. The van der Waals surface area contributed by atoms with E-state index in [0.717, 1.165) is 29.7 Å². The molecule has 0 aliphatic heterocycles. The Morgan fingerprint density at radius 1 is 0.658 bits per heavy atom. The Morgan fingerprint density at radius 3 is 2.03 bits per heavy atom. The van der Waals surface area contributed by atoms with Gasteiger partial charge in [-0.25, -0.2) is 0 Å². The molecule has 2 heterocycles. The lowest BCUT2D eigenvalue weighted by Gasteiger charge is -2.13. The number of fused-ring (bicyclic) bond motifs is 1. The summed E-state index contributed by atoms with van der Waals surface area (Å²) in [7, 11) is 0. The molecule has 0 saturated heterocycles. The summed E-state index contributed by atoms with van der Waals surface area (Å²) in [5, 5.41) is 9.15. The lowest BCUT2D eigenvalue weighted by atomic mass is 9.99. The van der Waals surface area contributed by atoms with E-state index >= 15 is 0 Å². The van der Waals surface area contributed by atoms with Gasteiger partial charge in [-0.2, -0.15) is 13.2 Å². The molecular formula is C27H15F6N3O2. The van der Waals surface area contributed by atoms with Gasteiger partial charge in [0.25, 0.3) is 0 Å². The molecule has 38 heavy (non-hydrogen) atoms. The smallest absolute Gasteiger partial charge is 0.437 e. The first-order chi connectivity index (χ1) is 18.0. The maximum Gasteiger partial charge on any atom is 0.573 e. The summed E-state index contributed by atoms with van der Waals surface area (Å²) >= 11 is 0. The fraction of sp³-hybridized carbons (Fsp3) is 0.0741. The third-order valence-electron chi connectivity index (χ3n) is 5.46. The van der Waals surface area contributed by atoms with Gasteiger partial charge in [-0.05, 0) is 60.2 Å². The van der Waals surface area contributed by atoms with E-state index < -0.39 is 23.9 Å². The minimum absolute atomic E-state index is 0.0518. The van der Waals surface area contributed by atoms with Gasteiger partial charge in [-0.1, -0.05) is 18.2 Å². The van der Waals surface area contributed by atoms with Crippen LogP contribution in [0.5, 0.6) is 17.4 Å². The minimum atomic E-state index is -4.86. The zero-order valence-corrected chi connectivity index (χ0v) is 19.1. The highest BCUT2D eigenvalue weighted by Gasteiger charge is 2.31. The molecule has 0 atom stereocenters. The second-order valence-electron chi connectivity index (χ2n) is 8.05. The van der Waals surface area contributed by atoms with Gasteiger partial charge in [-0.15, -0.1) is 23.4 Å². The molecule has 0 radical (unpaired) electrons. The van der Waals surface area contributed by atoms with E-state index in [1.165, 1.54) is 30.3 Å². The van der Waals surface area contributed by atoms with Crippen LogP contribution in [0.1, 0.15) is 5.56 Å². The summed E-state index contributed by atoms with van der Waals surface area (Å²) in [5.41, 5.74) is 1.15. The molecule has 0 aliphatic rings. The molecule has 0 spiro atoms. The van der Waals surface area contributed by atoms with Crippen LogP contribution in [0, 0.1) is 0 Å². The molecule has 5 rings (SSSR count). The Balaban J connectivity index is 1.54. The van der Waals surface area contributed by atoms with E-state index in [1.807, 2.05) is 6.07 Å². The van der Waals surface area contributed by atoms with Crippen LogP contribution in [0.25, 0.3) is 33.3 Å². The first kappa shape index (κ1) is 25.0. The van der Waals surface area contributed by atoms with Crippen molar-refractivity contribution in [3.05, 3.63) is 96.7 Å². The average Bonchev–Trinajstić information content (AvgIpc) is 2.88. The third kappa shape index (κ3) is 5.66. The van der Waals surface area contributed by atoms with Crippen LogP contribution < -0.4 is 9.47 Å². The SMILES string of the molecule is FC(F)(F)Oc1ccc(-c2nnc(Oc3ccc4cccnc4c3)cc2-c2ccc(C(F)(F)F)cc2)cc1. The van der Waals surface area contributed by atoms with Crippen LogP contribution in [0.15, 0.2) is 91.1 Å². The topological polar surface area (TPSA) is 57.1 Å². The van der Waals surface area contributed by atoms with Crippen LogP contribution in [-0.2, 0) is 6.18 Å². The normalized spacial score (nSPS) is 11.9. The number of aromatic nitrogens is 3. The summed E-state index contributed by atoms with van der Waals surface area (Å²) in [6.07, 6.45) is -7.75. The zero-order valence-electron chi connectivity index (χ0n) is 19.1. The van der Waals surface area contributed by atoms with Crippen molar-refractivity contribution in [3.8, 4) is 39.8 Å². The van der Waals surface area contributed by atoms with Crippen molar-refractivity contribution in [1.29, 1.82) is 0 Å². The number of pyridine rings is 1. The zero-order chi connectivity index (χ0) is 26.9. The van der Waals surface area contributed by atoms with Gasteiger partial charge in [0, 0.05) is 34.8 Å². The Hall–Kier alpha value is -4.67. The van der Waals surface area contributed by atoms with Gasteiger partial charge in [0.05, 0.1) is 11.1 Å². The Kier molecular flexibility index (Phi) is 6.35. The van der Waals surface area contributed by atoms with Crippen LogP contribution in [0.2, 0.25) is 0 Å². The van der Waals surface area contributed by atoms with Gasteiger partial charge in [0.2, 0.25) is 5.88 Å². The summed E-state index contributed by atoms with van der Waals surface area (Å²) in [5.74, 6) is 0.0244. The number of ether oxygens (including phenoxy) is 2. The van der Waals surface area contributed by atoms with E-state index in [2.05, 4.69) is 19.9 Å². The van der Waals surface area contributed by atoms with Crippen molar-refractivity contribution in [2.24, 2.45) is 0 Å². The van der Waals surface area contributed by atoms with Crippen LogP contribution in [0.4, 0.5) is 26.3 Å². The monoisotopic (exact) mass is 527 g/mol. The molecule has 2 aromatic heterocycles. The molecule has 0 bridgehead atoms. The first-order valence-electron chi connectivity index (χ1n) is 11.0. The van der Waals surface area contributed by atoms with Crippen molar-refractivity contribution >= 4 is 10.9 Å². The minimum Gasteiger partial charge on any atom is -0.437 e. The van der Waals surface area contributed by atoms with Crippen LogP contribution >= 0.6 is 0 Å². The van der Waals surface area contributed by atoms with Crippen molar-refractivity contribution < 1.29 is 35.8 Å². The predicted molar refractivity (Wildman–Crippen MR) is 126 cm³/mol. The highest BCUT2D eigenvalue weighted by Crippen LogP contribution is 2.37. The van der Waals surface area contributed by atoms with Crippen molar-refractivity contribution in [3.63, 3.8) is 0 Å². The average molecular weight is 527 g/mol. The fourth-order valence-electron chi connectivity index (χ4n) is 3.74. The number of halogens is 6. The Labute approximate surface area is 211 Å². The second-order valence-corrected chi connectivity index (χ2v) is 8.05. The Morgan fingerprint density at radius 2 is 1.34 bits per heavy atom. The predicted octanol–water partition coefficient (Wildman–Crippen LogP) is 8.07. The quantitative estimate of drug-likeness (QED) is 0.216. The summed E-state index contributed by atoms with van der Waals surface area (Å²) < 4.78 is 86.7. The number of hydrogen-bond acceptors (Lipinski definition) is 5. The molecule has 192 valence electrons. The van der Waals surface area contributed by atoms with Crippen LogP contribution in [-0.4, -0.2) is 21.5 Å². The molecule has 0 amide bonds. The first-order valence-corrected chi connectivity index (χ1v) is 11.0. The van der Waals surface area contributed by atoms with Crippen LogP contribution in [0.3, 0.4) is 0 Å². The van der Waals surface area contributed by atoms with E-state index in [0.29, 0.717) is 28.0 Å². The molecule has 5 nitrogen and oxygen atoms in total. The molecular weight excluding hydrogens is 512 g/mol. The van der Waals surface area contributed by atoms with Crippen molar-refractivity contribution in [2.45, 2.75) is 12.5 Å². The number of nitrogens with zero attached hydrogens (tertiary/aromatic N) is 3.